The summed E-state index contributed by atoms with van der Waals surface area (Å²) in [4.78, 5) is 0. The van der Waals surface area contributed by atoms with Crippen molar-refractivity contribution in [2.75, 3.05) is 0 Å². The Morgan fingerprint density at radius 3 is 1.67 bits per heavy atom. The highest BCUT2D eigenvalue weighted by Crippen LogP contribution is 2.54. The van der Waals surface area contributed by atoms with E-state index in [2.05, 4.69) is 159 Å². The van der Waals surface area contributed by atoms with E-state index in [0.717, 1.165) is 0 Å². The van der Waals surface area contributed by atoms with E-state index in [0.29, 0.717) is 0 Å². The van der Waals surface area contributed by atoms with Crippen LogP contribution in [0.2, 0.25) is 0 Å². The molecule has 11 rings (SSSR count). The third-order valence-electron chi connectivity index (χ3n) is 11.2. The highest BCUT2D eigenvalue weighted by Gasteiger charge is 2.34. The van der Waals surface area contributed by atoms with Crippen LogP contribution < -0.4 is 0 Å². The predicted molar refractivity (Wildman–Crippen MR) is 210 cm³/mol. The van der Waals surface area contributed by atoms with Crippen LogP contribution in [0.5, 0.6) is 0 Å². The number of rotatable bonds is 2. The summed E-state index contributed by atoms with van der Waals surface area (Å²) >= 11 is 1.93. The standard InChI is InChI=1S/C47H30S/c1-47(2)38-22-11-14-28-26-36(35-21-12-23-39(47)44(35)41(28)38)42-31-17-5-7-19-33(31)43(34-20-8-6-18-32(34)42)45-29-15-4-3-13-27(29)25-37-30-16-9-10-24-40(30)48-46(37)45/h3-26H,1-2H3. The SMILES string of the molecule is CC1(C)c2cccc3cc(-c4c5ccccc5c(-c5c6ccccc6cc6c5sc5ccccc56)c5ccccc45)c4cccc1c4c23. The summed E-state index contributed by atoms with van der Waals surface area (Å²) in [6.07, 6.45) is 0. The summed E-state index contributed by atoms with van der Waals surface area (Å²) in [5.74, 6) is 0. The molecule has 0 saturated heterocycles. The molecule has 48 heavy (non-hydrogen) atoms. The van der Waals surface area contributed by atoms with Crippen LogP contribution in [0.3, 0.4) is 0 Å². The van der Waals surface area contributed by atoms with Crippen LogP contribution in [0.15, 0.2) is 146 Å². The first-order valence-electron chi connectivity index (χ1n) is 16.9. The van der Waals surface area contributed by atoms with Gasteiger partial charge in [0.25, 0.3) is 0 Å². The molecule has 1 heterocycles. The van der Waals surface area contributed by atoms with Gasteiger partial charge in [-0.1, -0.05) is 141 Å². The van der Waals surface area contributed by atoms with Crippen LogP contribution in [0.25, 0.3) is 96.3 Å². The van der Waals surface area contributed by atoms with E-state index < -0.39 is 0 Å². The van der Waals surface area contributed by atoms with E-state index in [1.165, 1.54) is 107 Å². The van der Waals surface area contributed by atoms with Crippen LogP contribution in [-0.4, -0.2) is 0 Å². The molecule has 1 aromatic heterocycles. The van der Waals surface area contributed by atoms with Crippen molar-refractivity contribution in [3.05, 3.63) is 157 Å². The van der Waals surface area contributed by atoms with Crippen molar-refractivity contribution in [2.45, 2.75) is 19.3 Å². The van der Waals surface area contributed by atoms with Crippen molar-refractivity contribution in [3.63, 3.8) is 0 Å². The molecule has 0 fully saturated rings. The lowest BCUT2D eigenvalue weighted by molar-refractivity contribution is 0.663. The summed E-state index contributed by atoms with van der Waals surface area (Å²) in [5, 5.41) is 16.0. The first-order chi connectivity index (χ1) is 23.6. The fourth-order valence-corrected chi connectivity index (χ4v) is 10.3. The van der Waals surface area contributed by atoms with Crippen molar-refractivity contribution in [1.29, 1.82) is 0 Å². The molecule has 0 amide bonds. The zero-order chi connectivity index (χ0) is 31.7. The number of benzene rings is 9. The Hall–Kier alpha value is -5.50. The molecule has 0 unspecified atom stereocenters. The minimum atomic E-state index is -0.0298. The second-order valence-electron chi connectivity index (χ2n) is 14.0. The maximum absolute atomic E-state index is 2.47. The van der Waals surface area contributed by atoms with Crippen LogP contribution in [0, 0.1) is 0 Å². The normalized spacial score (nSPS) is 13.8. The first kappa shape index (κ1) is 26.6. The molecule has 0 bridgehead atoms. The molecule has 0 atom stereocenters. The van der Waals surface area contributed by atoms with E-state index in [-0.39, 0.29) is 5.41 Å². The second kappa shape index (κ2) is 9.31. The molecular weight excluding hydrogens is 597 g/mol. The van der Waals surface area contributed by atoms with Gasteiger partial charge in [-0.2, -0.15) is 0 Å². The van der Waals surface area contributed by atoms with Crippen molar-refractivity contribution >= 4 is 85.4 Å². The second-order valence-corrected chi connectivity index (χ2v) is 15.0. The Balaban J connectivity index is 1.35. The Morgan fingerprint density at radius 2 is 0.938 bits per heavy atom. The summed E-state index contributed by atoms with van der Waals surface area (Å²) in [6.45, 7) is 4.77. The largest absolute Gasteiger partial charge is 0.135 e. The average molecular weight is 627 g/mol. The molecule has 0 aliphatic heterocycles. The molecule has 1 aliphatic rings. The minimum Gasteiger partial charge on any atom is -0.135 e. The lowest BCUT2D eigenvalue weighted by Gasteiger charge is -2.22. The van der Waals surface area contributed by atoms with Gasteiger partial charge in [0.15, 0.2) is 0 Å². The molecular formula is C47H30S. The molecule has 0 N–H and O–H groups in total. The molecule has 0 radical (unpaired) electrons. The number of hydrogen-bond acceptors (Lipinski definition) is 1. The Bertz CT molecular complexity index is 2970. The smallest absolute Gasteiger partial charge is 0.0440 e. The minimum absolute atomic E-state index is 0.0298. The van der Waals surface area contributed by atoms with Gasteiger partial charge in [0.2, 0.25) is 0 Å². The van der Waals surface area contributed by atoms with Gasteiger partial charge in [-0.15, -0.1) is 11.3 Å². The van der Waals surface area contributed by atoms with E-state index in [9.17, 15) is 0 Å². The maximum Gasteiger partial charge on any atom is 0.0440 e. The van der Waals surface area contributed by atoms with E-state index in [4.69, 9.17) is 0 Å². The van der Waals surface area contributed by atoms with Crippen LogP contribution in [0.1, 0.15) is 25.0 Å². The van der Waals surface area contributed by atoms with Gasteiger partial charge >= 0.3 is 0 Å². The van der Waals surface area contributed by atoms with Crippen molar-refractivity contribution in [2.24, 2.45) is 0 Å². The monoisotopic (exact) mass is 626 g/mol. The van der Waals surface area contributed by atoms with Gasteiger partial charge in [0.1, 0.15) is 0 Å². The van der Waals surface area contributed by atoms with E-state index in [1.807, 2.05) is 11.3 Å². The molecule has 1 heteroatoms. The Labute approximate surface area is 282 Å². The highest BCUT2D eigenvalue weighted by molar-refractivity contribution is 7.26. The summed E-state index contributed by atoms with van der Waals surface area (Å²) in [6, 6.07) is 54.9. The number of thiophene rings is 1. The zero-order valence-electron chi connectivity index (χ0n) is 26.8. The van der Waals surface area contributed by atoms with Gasteiger partial charge in [-0.25, -0.2) is 0 Å². The fraction of sp³-hybridized carbons (Fsp3) is 0.0638. The van der Waals surface area contributed by atoms with Crippen molar-refractivity contribution < 1.29 is 0 Å². The third-order valence-corrected chi connectivity index (χ3v) is 12.4. The topological polar surface area (TPSA) is 0 Å². The predicted octanol–water partition coefficient (Wildman–Crippen LogP) is 13.8. The fourth-order valence-electron chi connectivity index (χ4n) is 9.10. The van der Waals surface area contributed by atoms with Gasteiger partial charge in [-0.3, -0.25) is 0 Å². The maximum atomic E-state index is 2.47. The first-order valence-corrected chi connectivity index (χ1v) is 17.7. The molecule has 0 nitrogen and oxygen atoms in total. The Morgan fingerprint density at radius 1 is 0.396 bits per heavy atom. The highest BCUT2D eigenvalue weighted by atomic mass is 32.1. The van der Waals surface area contributed by atoms with Gasteiger partial charge in [-0.05, 0) is 99.9 Å². The van der Waals surface area contributed by atoms with Gasteiger partial charge in [0.05, 0.1) is 0 Å². The molecule has 9 aromatic carbocycles. The van der Waals surface area contributed by atoms with Crippen LogP contribution >= 0.6 is 11.3 Å². The Kier molecular flexibility index (Phi) is 5.15. The molecule has 0 saturated carbocycles. The van der Waals surface area contributed by atoms with E-state index >= 15 is 0 Å². The molecule has 10 aromatic rings. The third kappa shape index (κ3) is 3.29. The lowest BCUT2D eigenvalue weighted by atomic mass is 9.81. The van der Waals surface area contributed by atoms with Crippen LogP contribution in [0.4, 0.5) is 0 Å². The lowest BCUT2D eigenvalue weighted by Crippen LogP contribution is -2.14. The van der Waals surface area contributed by atoms with Gasteiger partial charge < -0.3 is 0 Å². The van der Waals surface area contributed by atoms with Crippen LogP contribution in [-0.2, 0) is 5.41 Å². The summed E-state index contributed by atoms with van der Waals surface area (Å²) in [7, 11) is 0. The van der Waals surface area contributed by atoms with Gasteiger partial charge in [0, 0.05) is 31.2 Å². The average Bonchev–Trinajstić information content (AvgIpc) is 3.61. The van der Waals surface area contributed by atoms with Crippen molar-refractivity contribution in [3.8, 4) is 22.3 Å². The summed E-state index contributed by atoms with van der Waals surface area (Å²) < 4.78 is 2.69. The quantitative estimate of drug-likeness (QED) is 0.132. The van der Waals surface area contributed by atoms with E-state index in [1.54, 1.807) is 0 Å². The summed E-state index contributed by atoms with van der Waals surface area (Å²) in [5.41, 5.74) is 8.16. The molecule has 1 aliphatic carbocycles. The van der Waals surface area contributed by atoms with Crippen molar-refractivity contribution in [1.82, 2.24) is 0 Å². The number of hydrogen-bond donors (Lipinski definition) is 0. The molecule has 0 spiro atoms. The number of fused-ring (bicyclic) bond motifs is 6. The zero-order valence-corrected chi connectivity index (χ0v) is 27.6. The molecule has 224 valence electrons.